The lowest BCUT2D eigenvalue weighted by molar-refractivity contribution is -0.161. The van der Waals surface area contributed by atoms with Gasteiger partial charge in [0.05, 0.1) is 19.8 Å². The second-order valence-electron chi connectivity index (χ2n) is 18.7. The zero-order valence-electron chi connectivity index (χ0n) is 46.5. The zero-order valence-corrected chi connectivity index (χ0v) is 47.4. The molecule has 0 aliphatic heterocycles. The Balaban J connectivity index is 4.85. The number of unbranched alkanes of at least 4 members (excludes halogenated alkanes) is 17. The van der Waals surface area contributed by atoms with Gasteiger partial charge < -0.3 is 24.2 Å². The van der Waals surface area contributed by atoms with Crippen molar-refractivity contribution in [1.29, 1.82) is 0 Å². The molecule has 3 atom stereocenters. The maximum atomic E-state index is 12.9. The summed E-state index contributed by atoms with van der Waals surface area (Å²) in [5, 5.41) is 9.80. The van der Waals surface area contributed by atoms with Crippen molar-refractivity contribution in [1.82, 2.24) is 0 Å². The molecule has 11 nitrogen and oxygen atoms in total. The Hall–Kier alpha value is -3.86. The van der Waals surface area contributed by atoms with Gasteiger partial charge in [-0.1, -0.05) is 220 Å². The summed E-state index contributed by atoms with van der Waals surface area (Å²) >= 11 is 0. The lowest BCUT2D eigenvalue weighted by atomic mass is 10.0. The molecule has 3 unspecified atom stereocenters. The Morgan fingerprint density at radius 2 is 0.716 bits per heavy atom. The van der Waals surface area contributed by atoms with Gasteiger partial charge >= 0.3 is 25.7 Å². The minimum Gasteiger partial charge on any atom is -0.462 e. The minimum absolute atomic E-state index is 0.0825. The molecular weight excluding hydrogens is 952 g/mol. The number of carbonyl (C=O) groups excluding carboxylic acids is 3. The Labute approximate surface area is 450 Å². The highest BCUT2D eigenvalue weighted by molar-refractivity contribution is 7.47. The molecule has 0 heterocycles. The number of ether oxygens (including phenoxy) is 3. The molecule has 422 valence electrons. The summed E-state index contributed by atoms with van der Waals surface area (Å²) in [6.07, 6.45) is 66.3. The zero-order chi connectivity index (χ0) is 54.1. The van der Waals surface area contributed by atoms with Crippen LogP contribution in [0.5, 0.6) is 0 Å². The quantitative estimate of drug-likeness (QED) is 0.0197. The van der Waals surface area contributed by atoms with Gasteiger partial charge in [-0.2, -0.15) is 0 Å². The number of phosphoric ester groups is 1. The summed E-state index contributed by atoms with van der Waals surface area (Å²) in [4.78, 5) is 48.5. The number of aliphatic hydroxyl groups excluding tert-OH is 1. The summed E-state index contributed by atoms with van der Waals surface area (Å²) in [6.45, 7) is 4.30. The van der Waals surface area contributed by atoms with Crippen molar-refractivity contribution in [2.75, 3.05) is 26.4 Å². The van der Waals surface area contributed by atoms with Gasteiger partial charge in [-0.05, 0) is 96.3 Å². The molecule has 0 aromatic heterocycles. The highest BCUT2D eigenvalue weighted by Crippen LogP contribution is 2.43. The first-order valence-electron chi connectivity index (χ1n) is 28.8. The van der Waals surface area contributed by atoms with Crippen LogP contribution in [-0.2, 0) is 42.2 Å². The van der Waals surface area contributed by atoms with Gasteiger partial charge in [0.1, 0.15) is 12.7 Å². The van der Waals surface area contributed by atoms with E-state index in [9.17, 15) is 28.9 Å². The number of rotatable bonds is 52. The third-order valence-electron chi connectivity index (χ3n) is 11.7. The van der Waals surface area contributed by atoms with E-state index in [2.05, 4.69) is 118 Å². The number of phosphoric acid groups is 1. The predicted molar refractivity (Wildman–Crippen MR) is 307 cm³/mol. The lowest BCUT2D eigenvalue weighted by Crippen LogP contribution is -2.30. The summed E-state index contributed by atoms with van der Waals surface area (Å²) in [5.41, 5.74) is 0. The second-order valence-corrected chi connectivity index (χ2v) is 20.1. The number of allylic oxidation sites excluding steroid dienone is 18. The van der Waals surface area contributed by atoms with Crippen molar-refractivity contribution in [3.63, 3.8) is 0 Å². The van der Waals surface area contributed by atoms with Crippen LogP contribution in [0.1, 0.15) is 226 Å². The molecule has 0 aromatic carbocycles. The highest BCUT2D eigenvalue weighted by Gasteiger charge is 2.28. The van der Waals surface area contributed by atoms with E-state index in [0.717, 1.165) is 89.9 Å². The standard InChI is InChI=1S/C62H103O11P/c1-4-7-10-13-16-19-22-25-28-29-32-35-38-41-44-47-50-53-62(66)73-59(55-69-60(64)51-48-45-42-39-36-33-30-26-23-20-17-14-11-8-5-2)57-71-74(67,68)70-56-58(54-63)72-61(65)52-49-46-43-40-37-34-31-27-24-21-18-15-12-9-6-3/h7,9-10,12,16,18-19,21,25,27-28,31-32,35,37,40-41,44,58-59,63H,4-6,8,11,13-15,17,20,22-24,26,29-30,33-34,36,38-39,42-43,45-57H2,1-3H3,(H,67,68)/b10-7-,12-9-,19-16-,21-18-,28-25-,31-27-,35-32-,40-37-,44-41-. The molecule has 0 saturated carbocycles. The molecule has 0 aromatic rings. The van der Waals surface area contributed by atoms with E-state index in [-0.39, 0.29) is 25.9 Å². The number of carbonyl (C=O) groups is 3. The van der Waals surface area contributed by atoms with E-state index in [4.69, 9.17) is 23.3 Å². The van der Waals surface area contributed by atoms with E-state index >= 15 is 0 Å². The van der Waals surface area contributed by atoms with Crippen LogP contribution in [0.25, 0.3) is 0 Å². The molecule has 74 heavy (non-hydrogen) atoms. The van der Waals surface area contributed by atoms with Crippen molar-refractivity contribution in [2.45, 2.75) is 238 Å². The monoisotopic (exact) mass is 1050 g/mol. The Morgan fingerprint density at radius 1 is 0.392 bits per heavy atom. The van der Waals surface area contributed by atoms with E-state index in [1.54, 1.807) is 0 Å². The van der Waals surface area contributed by atoms with Gasteiger partial charge in [-0.15, -0.1) is 0 Å². The van der Waals surface area contributed by atoms with Crippen LogP contribution in [0.3, 0.4) is 0 Å². The van der Waals surface area contributed by atoms with Crippen LogP contribution in [0.4, 0.5) is 0 Å². The van der Waals surface area contributed by atoms with Gasteiger partial charge in [0.15, 0.2) is 6.10 Å². The molecule has 2 N–H and O–H groups in total. The van der Waals surface area contributed by atoms with Crippen LogP contribution < -0.4 is 0 Å². The number of hydrogen-bond donors (Lipinski definition) is 2. The van der Waals surface area contributed by atoms with E-state index in [1.807, 2.05) is 12.2 Å². The minimum atomic E-state index is -4.78. The Kier molecular flexibility index (Phi) is 52.5. The van der Waals surface area contributed by atoms with Crippen molar-refractivity contribution in [2.24, 2.45) is 0 Å². The SMILES string of the molecule is CC/C=C\C/C=C\C/C=C\C/C=C\C/C=C\CCCC(=O)OC(COC(=O)CCCCCCCCCCCCCCCCC)COP(=O)(O)OCC(CO)OC(=O)CCCC/C=C\C/C=C\C/C=C\C/C=C\CC. The molecule has 0 saturated heterocycles. The molecule has 12 heteroatoms. The summed E-state index contributed by atoms with van der Waals surface area (Å²) in [6, 6.07) is 0. The fourth-order valence-electron chi connectivity index (χ4n) is 7.38. The largest absolute Gasteiger partial charge is 0.472 e. The first-order chi connectivity index (χ1) is 36.2. The predicted octanol–water partition coefficient (Wildman–Crippen LogP) is 17.0. The average Bonchev–Trinajstić information content (AvgIpc) is 3.39. The van der Waals surface area contributed by atoms with Gasteiger partial charge in [-0.3, -0.25) is 23.4 Å². The summed E-state index contributed by atoms with van der Waals surface area (Å²) in [7, 11) is -4.78. The third-order valence-corrected chi connectivity index (χ3v) is 12.6. The fourth-order valence-corrected chi connectivity index (χ4v) is 8.17. The molecule has 0 spiro atoms. The number of esters is 3. The number of aliphatic hydroxyl groups is 1. The molecular formula is C62H103O11P. The molecule has 0 aliphatic rings. The van der Waals surface area contributed by atoms with Crippen LogP contribution in [-0.4, -0.2) is 66.5 Å². The molecule has 0 amide bonds. The van der Waals surface area contributed by atoms with E-state index in [0.29, 0.717) is 25.7 Å². The van der Waals surface area contributed by atoms with Crippen LogP contribution in [0, 0.1) is 0 Å². The van der Waals surface area contributed by atoms with Crippen molar-refractivity contribution in [3.8, 4) is 0 Å². The summed E-state index contributed by atoms with van der Waals surface area (Å²) < 4.78 is 39.4. The van der Waals surface area contributed by atoms with E-state index in [1.165, 1.54) is 70.6 Å². The number of hydrogen-bond acceptors (Lipinski definition) is 10. The molecule has 0 aliphatic carbocycles. The van der Waals surface area contributed by atoms with Crippen molar-refractivity contribution < 1.29 is 52.2 Å². The molecule has 0 rings (SSSR count). The topological polar surface area (TPSA) is 155 Å². The average molecular weight is 1060 g/mol. The van der Waals surface area contributed by atoms with Gasteiger partial charge in [0, 0.05) is 19.3 Å². The van der Waals surface area contributed by atoms with Gasteiger partial charge in [-0.25, -0.2) is 4.57 Å². The first kappa shape index (κ1) is 70.1. The van der Waals surface area contributed by atoms with Crippen molar-refractivity contribution in [3.05, 3.63) is 109 Å². The molecule has 0 bridgehead atoms. The van der Waals surface area contributed by atoms with Crippen LogP contribution >= 0.6 is 7.82 Å². The van der Waals surface area contributed by atoms with Gasteiger partial charge in [0.25, 0.3) is 0 Å². The maximum Gasteiger partial charge on any atom is 0.472 e. The maximum absolute atomic E-state index is 12.9. The lowest BCUT2D eigenvalue weighted by Gasteiger charge is -2.21. The smallest absolute Gasteiger partial charge is 0.462 e. The molecule has 0 radical (unpaired) electrons. The summed E-state index contributed by atoms with van der Waals surface area (Å²) in [5.74, 6) is -1.58. The Bertz CT molecular complexity index is 1660. The second kappa shape index (κ2) is 55.4. The van der Waals surface area contributed by atoms with Crippen molar-refractivity contribution >= 4 is 25.7 Å². The fraction of sp³-hybridized carbons (Fsp3) is 0.661. The van der Waals surface area contributed by atoms with Crippen LogP contribution in [0.2, 0.25) is 0 Å². The highest BCUT2D eigenvalue weighted by atomic mass is 31.2. The Morgan fingerprint density at radius 3 is 1.14 bits per heavy atom. The van der Waals surface area contributed by atoms with Crippen LogP contribution in [0.15, 0.2) is 109 Å². The van der Waals surface area contributed by atoms with E-state index < -0.39 is 57.8 Å². The normalized spacial score (nSPS) is 14.2. The first-order valence-corrected chi connectivity index (χ1v) is 30.3. The van der Waals surface area contributed by atoms with Gasteiger partial charge in [0.2, 0.25) is 0 Å². The third kappa shape index (κ3) is 53.0. The molecule has 0 fully saturated rings.